The van der Waals surface area contributed by atoms with E-state index in [2.05, 4.69) is 108 Å². The summed E-state index contributed by atoms with van der Waals surface area (Å²) in [4.78, 5) is 9.87. The topological polar surface area (TPSA) is 37.8 Å². The van der Waals surface area contributed by atoms with Gasteiger partial charge in [-0.1, -0.05) is 78.9 Å². The number of rotatable bonds is 4. The van der Waals surface area contributed by atoms with Gasteiger partial charge in [0.2, 0.25) is 0 Å². The minimum atomic E-state index is 0.0275. The molecule has 0 amide bonds. The Hall–Kier alpha value is -4.54. The zero-order valence-corrected chi connectivity index (χ0v) is 20.8. The van der Waals surface area contributed by atoms with Gasteiger partial charge in [0.15, 0.2) is 0 Å². The molecule has 3 aromatic heterocycles. The van der Waals surface area contributed by atoms with E-state index in [0.29, 0.717) is 0 Å². The van der Waals surface area contributed by atoms with Gasteiger partial charge in [0.05, 0.1) is 23.1 Å². The molecule has 4 heterocycles. The second kappa shape index (κ2) is 9.16. The first kappa shape index (κ1) is 21.7. The van der Waals surface area contributed by atoms with Gasteiger partial charge < -0.3 is 5.32 Å². The predicted octanol–water partition coefficient (Wildman–Crippen LogP) is 8.56. The first-order chi connectivity index (χ1) is 18.3. The van der Waals surface area contributed by atoms with Crippen LogP contribution in [-0.2, 0) is 0 Å². The van der Waals surface area contributed by atoms with Gasteiger partial charge in [-0.2, -0.15) is 0 Å². The smallest absolute Gasteiger partial charge is 0.0896 e. The Morgan fingerprint density at radius 1 is 0.622 bits per heavy atom. The van der Waals surface area contributed by atoms with Crippen LogP contribution in [0.15, 0.2) is 128 Å². The summed E-state index contributed by atoms with van der Waals surface area (Å²) in [6, 6.07) is 34.3. The molecule has 3 nitrogen and oxygen atoms in total. The summed E-state index contributed by atoms with van der Waals surface area (Å²) in [5.74, 6) is 0. The number of benzene rings is 3. The lowest BCUT2D eigenvalue weighted by Gasteiger charge is -2.17. The van der Waals surface area contributed by atoms with Crippen LogP contribution in [0.2, 0.25) is 0 Å². The van der Waals surface area contributed by atoms with Crippen molar-refractivity contribution in [1.29, 1.82) is 0 Å². The van der Waals surface area contributed by atoms with Crippen LogP contribution in [0.1, 0.15) is 11.7 Å². The lowest BCUT2D eigenvalue weighted by Crippen LogP contribution is -2.16. The SMILES string of the molecule is C1=CNC(c2cc(-c3ccccc3)cc(-c3ccc(-c4ccc5c(c4)sc4ccccc45)cn3)n2)C=C1. The van der Waals surface area contributed by atoms with Crippen molar-refractivity contribution in [2.45, 2.75) is 6.04 Å². The molecular formula is C33H23N3S. The Morgan fingerprint density at radius 3 is 2.30 bits per heavy atom. The number of hydrogen-bond acceptors (Lipinski definition) is 4. The quantitative estimate of drug-likeness (QED) is 0.267. The molecule has 6 aromatic rings. The zero-order chi connectivity index (χ0) is 24.6. The van der Waals surface area contributed by atoms with Gasteiger partial charge in [0.25, 0.3) is 0 Å². The summed E-state index contributed by atoms with van der Waals surface area (Å²) >= 11 is 1.84. The first-order valence-electron chi connectivity index (χ1n) is 12.4. The average Bonchev–Trinajstić information content (AvgIpc) is 3.36. The second-order valence-electron chi connectivity index (χ2n) is 9.16. The molecule has 0 fully saturated rings. The third-order valence-corrected chi connectivity index (χ3v) is 7.93. The minimum Gasteiger partial charge on any atom is -0.379 e. The maximum absolute atomic E-state index is 5.01. The number of thiophene rings is 1. The Labute approximate surface area is 219 Å². The van der Waals surface area contributed by atoms with Crippen molar-refractivity contribution < 1.29 is 0 Å². The molecule has 1 aliphatic rings. The van der Waals surface area contributed by atoms with Crippen molar-refractivity contribution in [2.24, 2.45) is 0 Å². The number of dihydropyridines is 1. The van der Waals surface area contributed by atoms with Crippen molar-refractivity contribution >= 4 is 31.5 Å². The van der Waals surface area contributed by atoms with Crippen LogP contribution < -0.4 is 5.32 Å². The molecule has 0 radical (unpaired) electrons. The van der Waals surface area contributed by atoms with Gasteiger partial charge in [-0.05, 0) is 59.3 Å². The highest BCUT2D eigenvalue weighted by Crippen LogP contribution is 2.36. The molecule has 4 heteroatoms. The number of allylic oxidation sites excluding steroid dienone is 2. The van der Waals surface area contributed by atoms with Crippen molar-refractivity contribution in [3.63, 3.8) is 0 Å². The van der Waals surface area contributed by atoms with Gasteiger partial charge >= 0.3 is 0 Å². The van der Waals surface area contributed by atoms with Crippen LogP contribution in [0.5, 0.6) is 0 Å². The van der Waals surface area contributed by atoms with E-state index in [-0.39, 0.29) is 6.04 Å². The largest absolute Gasteiger partial charge is 0.379 e. The highest BCUT2D eigenvalue weighted by Gasteiger charge is 2.15. The van der Waals surface area contributed by atoms with Crippen LogP contribution in [0.3, 0.4) is 0 Å². The molecule has 0 saturated heterocycles. The molecule has 0 saturated carbocycles. The molecule has 0 aliphatic carbocycles. The molecule has 0 bridgehead atoms. The normalized spacial score (nSPS) is 14.8. The molecule has 1 unspecified atom stereocenters. The van der Waals surface area contributed by atoms with E-state index in [9.17, 15) is 0 Å². The van der Waals surface area contributed by atoms with Gasteiger partial charge in [-0.15, -0.1) is 11.3 Å². The summed E-state index contributed by atoms with van der Waals surface area (Å²) in [7, 11) is 0. The molecule has 1 aliphatic heterocycles. The number of nitrogens with one attached hydrogen (secondary N) is 1. The monoisotopic (exact) mass is 493 g/mol. The number of nitrogens with zero attached hydrogens (tertiary/aromatic N) is 2. The highest BCUT2D eigenvalue weighted by atomic mass is 32.1. The Morgan fingerprint density at radius 2 is 1.46 bits per heavy atom. The molecule has 1 atom stereocenters. The number of aromatic nitrogens is 2. The molecule has 0 spiro atoms. The lowest BCUT2D eigenvalue weighted by molar-refractivity contribution is 0.722. The third kappa shape index (κ3) is 4.11. The second-order valence-corrected chi connectivity index (χ2v) is 10.2. The molecule has 37 heavy (non-hydrogen) atoms. The van der Waals surface area contributed by atoms with Gasteiger partial charge in [-0.25, -0.2) is 4.98 Å². The van der Waals surface area contributed by atoms with Crippen molar-refractivity contribution in [3.05, 3.63) is 133 Å². The Kier molecular flexibility index (Phi) is 5.38. The van der Waals surface area contributed by atoms with Crippen molar-refractivity contribution in [2.75, 3.05) is 0 Å². The molecule has 7 rings (SSSR count). The zero-order valence-electron chi connectivity index (χ0n) is 20.0. The number of pyridine rings is 2. The highest BCUT2D eigenvalue weighted by molar-refractivity contribution is 7.25. The van der Waals surface area contributed by atoms with E-state index in [4.69, 9.17) is 9.97 Å². The first-order valence-corrected chi connectivity index (χ1v) is 13.2. The van der Waals surface area contributed by atoms with E-state index in [0.717, 1.165) is 33.8 Å². The Balaban J connectivity index is 1.27. The van der Waals surface area contributed by atoms with E-state index in [1.807, 2.05) is 35.9 Å². The van der Waals surface area contributed by atoms with Crippen LogP contribution >= 0.6 is 11.3 Å². The lowest BCUT2D eigenvalue weighted by atomic mass is 10.0. The maximum atomic E-state index is 5.01. The third-order valence-electron chi connectivity index (χ3n) is 6.80. The number of fused-ring (bicyclic) bond motifs is 3. The van der Waals surface area contributed by atoms with Gasteiger partial charge in [0.1, 0.15) is 0 Å². The fourth-order valence-corrected chi connectivity index (χ4v) is 6.04. The standard InChI is InChI=1S/C33H23N3S/c1-2-8-22(9-3-1)25-18-30(28-11-6-7-17-34-28)36-31(19-25)29-16-14-24(21-35-29)23-13-15-27-26-10-4-5-12-32(26)37-33(27)20-23/h1-21,28,34H. The fourth-order valence-electron chi connectivity index (χ4n) is 4.89. The summed E-state index contributed by atoms with van der Waals surface area (Å²) in [5.41, 5.74) is 7.27. The van der Waals surface area contributed by atoms with Gasteiger partial charge in [-0.3, -0.25) is 4.98 Å². The van der Waals surface area contributed by atoms with Crippen LogP contribution in [0.4, 0.5) is 0 Å². The predicted molar refractivity (Wildman–Crippen MR) is 155 cm³/mol. The average molecular weight is 494 g/mol. The van der Waals surface area contributed by atoms with E-state index >= 15 is 0 Å². The van der Waals surface area contributed by atoms with Crippen molar-refractivity contribution in [1.82, 2.24) is 15.3 Å². The van der Waals surface area contributed by atoms with E-state index < -0.39 is 0 Å². The van der Waals surface area contributed by atoms with E-state index in [1.54, 1.807) is 0 Å². The van der Waals surface area contributed by atoms with Crippen LogP contribution in [-0.4, -0.2) is 9.97 Å². The van der Waals surface area contributed by atoms with Crippen molar-refractivity contribution in [3.8, 4) is 33.6 Å². The van der Waals surface area contributed by atoms with E-state index in [1.165, 1.54) is 25.7 Å². The molecule has 1 N–H and O–H groups in total. The summed E-state index contributed by atoms with van der Waals surface area (Å²) in [5, 5.41) is 6.03. The summed E-state index contributed by atoms with van der Waals surface area (Å²) < 4.78 is 2.62. The molecule has 176 valence electrons. The molecule has 3 aromatic carbocycles. The summed E-state index contributed by atoms with van der Waals surface area (Å²) in [6.07, 6.45) is 10.1. The van der Waals surface area contributed by atoms with Gasteiger partial charge in [0, 0.05) is 31.9 Å². The number of hydrogen-bond donors (Lipinski definition) is 1. The summed E-state index contributed by atoms with van der Waals surface area (Å²) in [6.45, 7) is 0. The Bertz CT molecular complexity index is 1800. The fraction of sp³-hybridized carbons (Fsp3) is 0.0303. The van der Waals surface area contributed by atoms with Crippen LogP contribution in [0.25, 0.3) is 53.8 Å². The maximum Gasteiger partial charge on any atom is 0.0896 e. The van der Waals surface area contributed by atoms with Crippen LogP contribution in [0, 0.1) is 0 Å². The molecular weight excluding hydrogens is 470 g/mol. The minimum absolute atomic E-state index is 0.0275.